The molecule has 0 fully saturated rings. The number of rotatable bonds is 3. The van der Waals surface area contributed by atoms with Crippen LogP contribution in [-0.4, -0.2) is 24.7 Å². The standard InChI is InChI=1S/C12H6ClF2N5S/c13-10-17-11(20-5-1-4-16-20)19-12(18-10)21-9-6-7(14)2-3-8(9)15/h1-6H. The average Bonchev–Trinajstić information content (AvgIpc) is 2.96. The second-order valence-electron chi connectivity index (χ2n) is 3.81. The summed E-state index contributed by atoms with van der Waals surface area (Å²) in [5, 5.41) is 4.05. The molecule has 21 heavy (non-hydrogen) atoms. The third kappa shape index (κ3) is 3.17. The Balaban J connectivity index is 1.97. The molecule has 0 N–H and O–H groups in total. The van der Waals surface area contributed by atoms with Crippen LogP contribution in [0.15, 0.2) is 46.7 Å². The van der Waals surface area contributed by atoms with Crippen molar-refractivity contribution in [3.05, 3.63) is 53.6 Å². The molecule has 0 unspecified atom stereocenters. The van der Waals surface area contributed by atoms with E-state index in [2.05, 4.69) is 20.1 Å². The second kappa shape index (κ2) is 5.74. The Hall–Kier alpha value is -2.06. The molecule has 0 spiro atoms. The highest BCUT2D eigenvalue weighted by molar-refractivity contribution is 7.99. The normalized spacial score (nSPS) is 10.8. The van der Waals surface area contributed by atoms with Crippen molar-refractivity contribution in [2.75, 3.05) is 0 Å². The molecule has 1 aromatic carbocycles. The van der Waals surface area contributed by atoms with E-state index in [9.17, 15) is 8.78 Å². The van der Waals surface area contributed by atoms with Gasteiger partial charge >= 0.3 is 0 Å². The maximum Gasteiger partial charge on any atom is 0.255 e. The zero-order valence-corrected chi connectivity index (χ0v) is 11.8. The van der Waals surface area contributed by atoms with Gasteiger partial charge < -0.3 is 0 Å². The summed E-state index contributed by atoms with van der Waals surface area (Å²) < 4.78 is 28.2. The maximum atomic E-state index is 13.6. The highest BCUT2D eigenvalue weighted by atomic mass is 35.5. The van der Waals surface area contributed by atoms with Gasteiger partial charge in [0.15, 0.2) is 5.16 Å². The molecule has 0 aliphatic heterocycles. The van der Waals surface area contributed by atoms with Crippen LogP contribution in [0.1, 0.15) is 0 Å². The third-order valence-corrected chi connectivity index (χ3v) is 3.45. The lowest BCUT2D eigenvalue weighted by Crippen LogP contribution is -2.04. The summed E-state index contributed by atoms with van der Waals surface area (Å²) in [6.45, 7) is 0. The summed E-state index contributed by atoms with van der Waals surface area (Å²) in [4.78, 5) is 12.0. The lowest BCUT2D eigenvalue weighted by molar-refractivity contribution is 0.576. The Morgan fingerprint density at radius 1 is 1.14 bits per heavy atom. The van der Waals surface area contributed by atoms with Gasteiger partial charge in [0, 0.05) is 12.4 Å². The molecule has 2 heterocycles. The molecule has 0 radical (unpaired) electrons. The molecule has 5 nitrogen and oxygen atoms in total. The molecular formula is C12H6ClF2N5S. The molecule has 2 aromatic heterocycles. The predicted octanol–water partition coefficient (Wildman–Crippen LogP) is 3.14. The molecule has 0 bridgehead atoms. The Morgan fingerprint density at radius 2 is 2.00 bits per heavy atom. The van der Waals surface area contributed by atoms with Crippen LogP contribution in [0.25, 0.3) is 5.95 Å². The SMILES string of the molecule is Fc1ccc(F)c(Sc2nc(Cl)nc(-n3cccn3)n2)c1. The van der Waals surface area contributed by atoms with Crippen LogP contribution < -0.4 is 0 Å². The van der Waals surface area contributed by atoms with Crippen LogP contribution in [-0.2, 0) is 0 Å². The van der Waals surface area contributed by atoms with E-state index in [4.69, 9.17) is 11.6 Å². The zero-order valence-electron chi connectivity index (χ0n) is 10.2. The zero-order chi connectivity index (χ0) is 14.8. The van der Waals surface area contributed by atoms with E-state index in [-0.39, 0.29) is 21.3 Å². The molecule has 0 saturated heterocycles. The van der Waals surface area contributed by atoms with Crippen LogP contribution in [0.4, 0.5) is 8.78 Å². The third-order valence-electron chi connectivity index (χ3n) is 2.38. The van der Waals surface area contributed by atoms with Crippen molar-refractivity contribution in [1.29, 1.82) is 0 Å². The molecule has 0 saturated carbocycles. The molecular weight excluding hydrogens is 320 g/mol. The fourth-order valence-corrected chi connectivity index (χ4v) is 2.51. The molecule has 3 aromatic rings. The average molecular weight is 326 g/mol. The molecule has 3 rings (SSSR count). The van der Waals surface area contributed by atoms with Crippen LogP contribution in [0, 0.1) is 11.6 Å². The first-order chi connectivity index (χ1) is 10.1. The summed E-state index contributed by atoms with van der Waals surface area (Å²) in [7, 11) is 0. The first-order valence-electron chi connectivity index (χ1n) is 5.66. The summed E-state index contributed by atoms with van der Waals surface area (Å²) >= 11 is 6.67. The van der Waals surface area contributed by atoms with E-state index in [0.29, 0.717) is 0 Å². The number of aromatic nitrogens is 5. The van der Waals surface area contributed by atoms with E-state index in [1.54, 1.807) is 18.5 Å². The molecule has 0 amide bonds. The van der Waals surface area contributed by atoms with Crippen molar-refractivity contribution < 1.29 is 8.78 Å². The van der Waals surface area contributed by atoms with Crippen LogP contribution in [0.2, 0.25) is 5.28 Å². The fourth-order valence-electron chi connectivity index (χ4n) is 1.51. The minimum absolute atomic E-state index is 0.0590. The lowest BCUT2D eigenvalue weighted by Gasteiger charge is -2.04. The molecule has 9 heteroatoms. The molecule has 106 valence electrons. The van der Waals surface area contributed by atoms with Crippen molar-refractivity contribution in [2.45, 2.75) is 10.1 Å². The van der Waals surface area contributed by atoms with Gasteiger partial charge in [0.2, 0.25) is 5.28 Å². The van der Waals surface area contributed by atoms with Gasteiger partial charge in [-0.15, -0.1) is 0 Å². The molecule has 0 atom stereocenters. The maximum absolute atomic E-state index is 13.6. The predicted molar refractivity (Wildman–Crippen MR) is 72.4 cm³/mol. The number of halogens is 3. The Morgan fingerprint density at radius 3 is 2.76 bits per heavy atom. The number of hydrogen-bond acceptors (Lipinski definition) is 5. The summed E-state index contributed by atoms with van der Waals surface area (Å²) in [6, 6.07) is 4.83. The summed E-state index contributed by atoms with van der Waals surface area (Å²) in [5.74, 6) is -0.927. The van der Waals surface area contributed by atoms with Crippen molar-refractivity contribution in [3.8, 4) is 5.95 Å². The molecule has 0 aliphatic carbocycles. The van der Waals surface area contributed by atoms with E-state index >= 15 is 0 Å². The number of hydrogen-bond donors (Lipinski definition) is 0. The van der Waals surface area contributed by atoms with Gasteiger partial charge in [0.05, 0.1) is 4.90 Å². The van der Waals surface area contributed by atoms with Crippen LogP contribution in [0.5, 0.6) is 0 Å². The Bertz CT molecular complexity index is 781. The van der Waals surface area contributed by atoms with Crippen molar-refractivity contribution in [1.82, 2.24) is 24.7 Å². The van der Waals surface area contributed by atoms with E-state index in [0.717, 1.165) is 30.0 Å². The van der Waals surface area contributed by atoms with Gasteiger partial charge in [-0.3, -0.25) is 0 Å². The van der Waals surface area contributed by atoms with Gasteiger partial charge in [-0.2, -0.15) is 20.1 Å². The minimum Gasteiger partial charge on any atom is -0.207 e. The van der Waals surface area contributed by atoms with Gasteiger partial charge in [-0.1, -0.05) is 0 Å². The van der Waals surface area contributed by atoms with Crippen LogP contribution in [0.3, 0.4) is 0 Å². The highest BCUT2D eigenvalue weighted by Crippen LogP contribution is 2.28. The van der Waals surface area contributed by atoms with Gasteiger partial charge in [-0.25, -0.2) is 13.5 Å². The minimum atomic E-state index is -0.571. The topological polar surface area (TPSA) is 56.5 Å². The van der Waals surface area contributed by atoms with Gasteiger partial charge in [0.25, 0.3) is 5.95 Å². The first kappa shape index (κ1) is 13.9. The molecule has 0 aliphatic rings. The van der Waals surface area contributed by atoms with E-state index in [1.807, 2.05) is 0 Å². The Labute approximate surface area is 127 Å². The van der Waals surface area contributed by atoms with E-state index < -0.39 is 11.6 Å². The largest absolute Gasteiger partial charge is 0.255 e. The summed E-state index contributed by atoms with van der Waals surface area (Å²) in [6.07, 6.45) is 3.18. The van der Waals surface area contributed by atoms with E-state index in [1.165, 1.54) is 4.68 Å². The number of benzene rings is 1. The fraction of sp³-hybridized carbons (Fsp3) is 0. The van der Waals surface area contributed by atoms with Crippen LogP contribution >= 0.6 is 23.4 Å². The first-order valence-corrected chi connectivity index (χ1v) is 6.86. The number of nitrogens with zero attached hydrogens (tertiary/aromatic N) is 5. The summed E-state index contributed by atoms with van der Waals surface area (Å²) in [5.41, 5.74) is 0. The van der Waals surface area contributed by atoms with Gasteiger partial charge in [0.1, 0.15) is 11.6 Å². The monoisotopic (exact) mass is 325 g/mol. The quantitative estimate of drug-likeness (QED) is 0.740. The van der Waals surface area contributed by atoms with Gasteiger partial charge in [-0.05, 0) is 47.6 Å². The van der Waals surface area contributed by atoms with Crippen molar-refractivity contribution in [2.24, 2.45) is 0 Å². The van der Waals surface area contributed by atoms with Crippen molar-refractivity contribution >= 4 is 23.4 Å². The second-order valence-corrected chi connectivity index (χ2v) is 5.16. The van der Waals surface area contributed by atoms with Crippen molar-refractivity contribution in [3.63, 3.8) is 0 Å². The lowest BCUT2D eigenvalue weighted by atomic mass is 10.3. The highest BCUT2D eigenvalue weighted by Gasteiger charge is 2.12. The Kier molecular flexibility index (Phi) is 3.80. The smallest absolute Gasteiger partial charge is 0.207 e.